The van der Waals surface area contributed by atoms with Crippen LogP contribution in [0.3, 0.4) is 0 Å². The van der Waals surface area contributed by atoms with E-state index >= 15 is 0 Å². The summed E-state index contributed by atoms with van der Waals surface area (Å²) in [7, 11) is 1.58. The van der Waals surface area contributed by atoms with Crippen molar-refractivity contribution in [3.05, 3.63) is 59.4 Å². The van der Waals surface area contributed by atoms with Crippen LogP contribution in [0, 0.1) is 5.82 Å². The highest BCUT2D eigenvalue weighted by atomic mass is 19.1. The molecule has 0 aliphatic rings. The number of methoxy groups -OCH3 is 1. The molecule has 0 aliphatic carbocycles. The standard InChI is InChI=1S/C15H15FO3/c1-18-15-7-2-11(9-17)8-12(15)10-19-14-5-3-13(16)4-6-14/h2-8,17H,9-10H2,1H3. The average Bonchev–Trinajstić information content (AvgIpc) is 2.46. The van der Waals surface area contributed by atoms with Gasteiger partial charge in [-0.3, -0.25) is 0 Å². The first-order chi connectivity index (χ1) is 9.22. The van der Waals surface area contributed by atoms with Gasteiger partial charge in [0.15, 0.2) is 0 Å². The Morgan fingerprint density at radius 2 is 1.84 bits per heavy atom. The Kier molecular flexibility index (Phi) is 4.36. The van der Waals surface area contributed by atoms with Gasteiger partial charge in [0.05, 0.1) is 13.7 Å². The van der Waals surface area contributed by atoms with Crippen molar-refractivity contribution in [2.45, 2.75) is 13.2 Å². The number of halogens is 1. The van der Waals surface area contributed by atoms with Crippen LogP contribution in [0.1, 0.15) is 11.1 Å². The molecule has 0 fully saturated rings. The fourth-order valence-electron chi connectivity index (χ4n) is 1.73. The second-order valence-electron chi connectivity index (χ2n) is 4.05. The van der Waals surface area contributed by atoms with Gasteiger partial charge in [0, 0.05) is 5.56 Å². The quantitative estimate of drug-likeness (QED) is 0.900. The summed E-state index contributed by atoms with van der Waals surface area (Å²) < 4.78 is 23.6. The third kappa shape index (κ3) is 3.45. The highest BCUT2D eigenvalue weighted by Gasteiger charge is 2.05. The molecule has 4 heteroatoms. The molecule has 0 spiro atoms. The molecule has 3 nitrogen and oxygen atoms in total. The maximum Gasteiger partial charge on any atom is 0.125 e. The molecule has 2 aromatic carbocycles. The Labute approximate surface area is 111 Å². The van der Waals surface area contributed by atoms with E-state index < -0.39 is 0 Å². The maximum absolute atomic E-state index is 12.8. The van der Waals surface area contributed by atoms with Crippen molar-refractivity contribution in [1.82, 2.24) is 0 Å². The molecule has 0 amide bonds. The van der Waals surface area contributed by atoms with Gasteiger partial charge < -0.3 is 14.6 Å². The third-order valence-corrected chi connectivity index (χ3v) is 2.74. The highest BCUT2D eigenvalue weighted by molar-refractivity contribution is 5.37. The van der Waals surface area contributed by atoms with Crippen LogP contribution in [-0.2, 0) is 13.2 Å². The van der Waals surface area contributed by atoms with Gasteiger partial charge in [-0.25, -0.2) is 4.39 Å². The summed E-state index contributed by atoms with van der Waals surface area (Å²) >= 11 is 0. The molecule has 2 rings (SSSR count). The van der Waals surface area contributed by atoms with Crippen LogP contribution < -0.4 is 9.47 Å². The molecule has 0 saturated carbocycles. The van der Waals surface area contributed by atoms with Crippen molar-refractivity contribution in [1.29, 1.82) is 0 Å². The maximum atomic E-state index is 12.8. The molecule has 19 heavy (non-hydrogen) atoms. The lowest BCUT2D eigenvalue weighted by Crippen LogP contribution is -2.00. The minimum Gasteiger partial charge on any atom is -0.496 e. The summed E-state index contributed by atoms with van der Waals surface area (Å²) in [5.41, 5.74) is 1.62. The zero-order valence-electron chi connectivity index (χ0n) is 10.6. The smallest absolute Gasteiger partial charge is 0.125 e. The van der Waals surface area contributed by atoms with Gasteiger partial charge in [-0.2, -0.15) is 0 Å². The van der Waals surface area contributed by atoms with Crippen LogP contribution >= 0.6 is 0 Å². The molecule has 0 atom stereocenters. The summed E-state index contributed by atoms with van der Waals surface area (Å²) in [6.45, 7) is 0.260. The van der Waals surface area contributed by atoms with Gasteiger partial charge in [-0.05, 0) is 42.0 Å². The first-order valence-corrected chi connectivity index (χ1v) is 5.88. The molecule has 100 valence electrons. The molecule has 0 bridgehead atoms. The van der Waals surface area contributed by atoms with Gasteiger partial charge in [0.2, 0.25) is 0 Å². The van der Waals surface area contributed by atoms with E-state index in [2.05, 4.69) is 0 Å². The molecule has 0 unspecified atom stereocenters. The lowest BCUT2D eigenvalue weighted by Gasteiger charge is -2.11. The van der Waals surface area contributed by atoms with Crippen LogP contribution in [0.2, 0.25) is 0 Å². The van der Waals surface area contributed by atoms with E-state index in [1.54, 1.807) is 31.4 Å². The SMILES string of the molecule is COc1ccc(CO)cc1COc1ccc(F)cc1. The van der Waals surface area contributed by atoms with E-state index in [4.69, 9.17) is 14.6 Å². The van der Waals surface area contributed by atoms with Crippen molar-refractivity contribution < 1.29 is 19.0 Å². The minimum absolute atomic E-state index is 0.0342. The van der Waals surface area contributed by atoms with E-state index in [-0.39, 0.29) is 12.4 Å². The van der Waals surface area contributed by atoms with E-state index in [1.807, 2.05) is 6.07 Å². The molecule has 0 radical (unpaired) electrons. The molecule has 0 saturated heterocycles. The first-order valence-electron chi connectivity index (χ1n) is 5.88. The minimum atomic E-state index is -0.299. The van der Waals surface area contributed by atoms with Crippen LogP contribution in [0.25, 0.3) is 0 Å². The van der Waals surface area contributed by atoms with Crippen LogP contribution in [0.5, 0.6) is 11.5 Å². The summed E-state index contributed by atoms with van der Waals surface area (Å²) in [5, 5.41) is 9.12. The van der Waals surface area contributed by atoms with Crippen molar-refractivity contribution in [3.63, 3.8) is 0 Å². The molecular formula is C15H15FO3. The zero-order valence-corrected chi connectivity index (χ0v) is 10.6. The first kappa shape index (κ1) is 13.4. The number of benzene rings is 2. The molecular weight excluding hydrogens is 247 g/mol. The van der Waals surface area contributed by atoms with Gasteiger partial charge in [0.1, 0.15) is 23.9 Å². The normalized spacial score (nSPS) is 10.3. The molecule has 0 heterocycles. The van der Waals surface area contributed by atoms with Crippen molar-refractivity contribution in [3.8, 4) is 11.5 Å². The number of ether oxygens (including phenoxy) is 2. The summed E-state index contributed by atoms with van der Waals surface area (Å²) in [5.74, 6) is 0.976. The summed E-state index contributed by atoms with van der Waals surface area (Å²) in [6.07, 6.45) is 0. The Balaban J connectivity index is 2.11. The lowest BCUT2D eigenvalue weighted by molar-refractivity contribution is 0.278. The van der Waals surface area contributed by atoms with Crippen molar-refractivity contribution in [2.24, 2.45) is 0 Å². The topological polar surface area (TPSA) is 38.7 Å². The number of hydrogen-bond donors (Lipinski definition) is 1. The largest absolute Gasteiger partial charge is 0.496 e. The van der Waals surface area contributed by atoms with E-state index in [0.29, 0.717) is 18.1 Å². The highest BCUT2D eigenvalue weighted by Crippen LogP contribution is 2.22. The Bertz CT molecular complexity index is 538. The van der Waals surface area contributed by atoms with Crippen molar-refractivity contribution in [2.75, 3.05) is 7.11 Å². The molecule has 2 aromatic rings. The second-order valence-corrected chi connectivity index (χ2v) is 4.05. The Morgan fingerprint density at radius 1 is 1.11 bits per heavy atom. The van der Waals surface area contributed by atoms with Gasteiger partial charge in [0.25, 0.3) is 0 Å². The fourth-order valence-corrected chi connectivity index (χ4v) is 1.73. The molecule has 0 aliphatic heterocycles. The van der Waals surface area contributed by atoms with Crippen molar-refractivity contribution >= 4 is 0 Å². The zero-order chi connectivity index (χ0) is 13.7. The number of rotatable bonds is 5. The number of aliphatic hydroxyl groups is 1. The van der Waals surface area contributed by atoms with Gasteiger partial charge in [-0.15, -0.1) is 0 Å². The number of hydrogen-bond acceptors (Lipinski definition) is 3. The van der Waals surface area contributed by atoms with Crippen LogP contribution in [-0.4, -0.2) is 12.2 Å². The Hall–Kier alpha value is -2.07. The number of aliphatic hydroxyl groups excluding tert-OH is 1. The van der Waals surface area contributed by atoms with Gasteiger partial charge >= 0.3 is 0 Å². The molecule has 0 aromatic heterocycles. The van der Waals surface area contributed by atoms with E-state index in [0.717, 1.165) is 11.1 Å². The van der Waals surface area contributed by atoms with Crippen LogP contribution in [0.4, 0.5) is 4.39 Å². The predicted molar refractivity (Wildman–Crippen MR) is 69.6 cm³/mol. The van der Waals surface area contributed by atoms with Gasteiger partial charge in [-0.1, -0.05) is 6.07 Å². The third-order valence-electron chi connectivity index (χ3n) is 2.74. The summed E-state index contributed by atoms with van der Waals surface area (Å²) in [6, 6.07) is 11.2. The Morgan fingerprint density at radius 3 is 2.47 bits per heavy atom. The second kappa shape index (κ2) is 6.20. The van der Waals surface area contributed by atoms with E-state index in [1.165, 1.54) is 12.1 Å². The fraction of sp³-hybridized carbons (Fsp3) is 0.200. The summed E-state index contributed by atoms with van der Waals surface area (Å²) in [4.78, 5) is 0. The van der Waals surface area contributed by atoms with E-state index in [9.17, 15) is 4.39 Å². The lowest BCUT2D eigenvalue weighted by atomic mass is 10.1. The molecule has 1 N–H and O–H groups in total. The monoisotopic (exact) mass is 262 g/mol. The predicted octanol–water partition coefficient (Wildman–Crippen LogP) is 2.91. The average molecular weight is 262 g/mol. The van der Waals surface area contributed by atoms with Crippen LogP contribution in [0.15, 0.2) is 42.5 Å².